The van der Waals surface area contributed by atoms with Gasteiger partial charge in [-0.1, -0.05) is 12.1 Å². The summed E-state index contributed by atoms with van der Waals surface area (Å²) in [7, 11) is -7.13. The lowest BCUT2D eigenvalue weighted by Gasteiger charge is -2.37. The molecule has 2 heterocycles. The average Bonchev–Trinajstić information content (AvgIpc) is 2.88. The Morgan fingerprint density at radius 2 is 1.78 bits per heavy atom. The van der Waals surface area contributed by atoms with Gasteiger partial charge in [-0.25, -0.2) is 16.8 Å². The minimum absolute atomic E-state index is 0.0350. The standard InChI is InChI=1S/C14H14BrNO5S2/c15-13-5-1-2-6-14(13)23(19,20)16-8-12(9-16)22(17,18)10-11-4-3-7-21-11/h1-7,12H,8-10H2. The number of nitrogens with zero attached hydrogens (tertiary/aromatic N) is 1. The third-order valence-corrected chi connectivity index (χ3v) is 8.54. The first-order valence-electron chi connectivity index (χ1n) is 6.79. The number of hydrogen-bond donors (Lipinski definition) is 0. The number of sulfonamides is 1. The number of hydrogen-bond acceptors (Lipinski definition) is 5. The van der Waals surface area contributed by atoms with E-state index in [9.17, 15) is 16.8 Å². The van der Waals surface area contributed by atoms with Gasteiger partial charge in [0.15, 0.2) is 9.84 Å². The van der Waals surface area contributed by atoms with Crippen molar-refractivity contribution in [2.45, 2.75) is 15.9 Å². The zero-order chi connectivity index (χ0) is 16.7. The summed E-state index contributed by atoms with van der Waals surface area (Å²) in [6.45, 7) is -0.0700. The fourth-order valence-corrected chi connectivity index (χ4v) is 6.62. The molecule has 9 heteroatoms. The lowest BCUT2D eigenvalue weighted by atomic mass is 10.3. The Balaban J connectivity index is 1.72. The molecular weight excluding hydrogens is 406 g/mol. The van der Waals surface area contributed by atoms with E-state index < -0.39 is 25.1 Å². The van der Waals surface area contributed by atoms with Crippen LogP contribution < -0.4 is 0 Å². The van der Waals surface area contributed by atoms with Gasteiger partial charge in [0.2, 0.25) is 10.0 Å². The first kappa shape index (κ1) is 16.7. The molecule has 1 fully saturated rings. The number of halogens is 1. The SMILES string of the molecule is O=S(=O)(Cc1ccco1)C1CN(S(=O)(=O)c2ccccc2Br)C1. The van der Waals surface area contributed by atoms with Gasteiger partial charge in [-0.15, -0.1) is 0 Å². The molecule has 0 saturated carbocycles. The summed E-state index contributed by atoms with van der Waals surface area (Å²) in [5.74, 6) is 0.144. The molecule has 0 radical (unpaired) electrons. The van der Waals surface area contributed by atoms with Crippen LogP contribution >= 0.6 is 15.9 Å². The van der Waals surface area contributed by atoms with Gasteiger partial charge in [-0.05, 0) is 40.2 Å². The molecule has 0 N–H and O–H groups in total. The van der Waals surface area contributed by atoms with Crippen LogP contribution in [0.3, 0.4) is 0 Å². The van der Waals surface area contributed by atoms with E-state index in [-0.39, 0.29) is 23.7 Å². The van der Waals surface area contributed by atoms with Crippen LogP contribution in [0.25, 0.3) is 0 Å². The predicted molar refractivity (Wildman–Crippen MR) is 88.0 cm³/mol. The highest BCUT2D eigenvalue weighted by molar-refractivity contribution is 9.10. The Kier molecular flexibility index (Phi) is 4.39. The predicted octanol–water partition coefficient (Wildman–Crippen LogP) is 2.03. The Bertz CT molecular complexity index is 900. The Morgan fingerprint density at radius 3 is 2.39 bits per heavy atom. The van der Waals surface area contributed by atoms with E-state index in [0.717, 1.165) is 0 Å². The fourth-order valence-electron chi connectivity index (χ4n) is 2.33. The van der Waals surface area contributed by atoms with Crippen LogP contribution in [0.2, 0.25) is 0 Å². The summed E-state index contributed by atoms with van der Waals surface area (Å²) in [5.41, 5.74) is 0. The van der Waals surface area contributed by atoms with Gasteiger partial charge >= 0.3 is 0 Å². The number of rotatable bonds is 5. The number of benzene rings is 1. The summed E-state index contributed by atoms with van der Waals surface area (Å²) in [4.78, 5) is 0.141. The first-order chi connectivity index (χ1) is 10.8. The minimum atomic E-state index is -3.69. The number of sulfone groups is 1. The molecule has 2 aromatic rings. The third kappa shape index (κ3) is 3.23. The van der Waals surface area contributed by atoms with Crippen molar-refractivity contribution in [2.75, 3.05) is 13.1 Å². The molecule has 1 saturated heterocycles. The highest BCUT2D eigenvalue weighted by atomic mass is 79.9. The van der Waals surface area contributed by atoms with Gasteiger partial charge in [-0.3, -0.25) is 0 Å². The van der Waals surface area contributed by atoms with Gasteiger partial charge in [0.05, 0.1) is 16.4 Å². The van der Waals surface area contributed by atoms with Crippen molar-refractivity contribution in [1.29, 1.82) is 0 Å². The highest BCUT2D eigenvalue weighted by Crippen LogP contribution is 2.30. The van der Waals surface area contributed by atoms with Crippen LogP contribution in [-0.4, -0.2) is 39.5 Å². The molecule has 1 aliphatic rings. The summed E-state index contributed by atoms with van der Waals surface area (Å²) < 4.78 is 56.2. The van der Waals surface area contributed by atoms with Crippen LogP contribution in [0.5, 0.6) is 0 Å². The lowest BCUT2D eigenvalue weighted by Crippen LogP contribution is -2.56. The van der Waals surface area contributed by atoms with E-state index in [4.69, 9.17) is 4.42 Å². The van der Waals surface area contributed by atoms with Crippen molar-refractivity contribution < 1.29 is 21.3 Å². The van der Waals surface area contributed by atoms with Gasteiger partial charge in [0.1, 0.15) is 11.5 Å². The number of furan rings is 1. The Morgan fingerprint density at radius 1 is 1.09 bits per heavy atom. The van der Waals surface area contributed by atoms with Crippen LogP contribution in [0.15, 0.2) is 56.4 Å². The molecule has 0 amide bonds. The third-order valence-electron chi connectivity index (χ3n) is 3.70. The Hall–Kier alpha value is -1.16. The smallest absolute Gasteiger partial charge is 0.244 e. The van der Waals surface area contributed by atoms with E-state index in [1.165, 1.54) is 16.6 Å². The first-order valence-corrected chi connectivity index (χ1v) is 10.7. The normalized spacial score (nSPS) is 17.1. The molecule has 0 atom stereocenters. The molecule has 3 rings (SSSR count). The largest absolute Gasteiger partial charge is 0.468 e. The van der Waals surface area contributed by atoms with Crippen LogP contribution in [0.4, 0.5) is 0 Å². The Labute approximate surface area is 143 Å². The zero-order valence-corrected chi connectivity index (χ0v) is 15.1. The molecule has 1 aromatic carbocycles. The average molecular weight is 420 g/mol. The molecule has 6 nitrogen and oxygen atoms in total. The van der Waals surface area contributed by atoms with Crippen molar-refractivity contribution in [1.82, 2.24) is 4.31 Å². The molecule has 0 bridgehead atoms. The molecule has 0 aliphatic carbocycles. The van der Waals surface area contributed by atoms with Crippen molar-refractivity contribution in [2.24, 2.45) is 0 Å². The molecule has 0 spiro atoms. The van der Waals surface area contributed by atoms with E-state index in [1.54, 1.807) is 30.3 Å². The summed E-state index contributed by atoms with van der Waals surface area (Å²) in [6, 6.07) is 9.68. The molecule has 0 unspecified atom stereocenters. The maximum atomic E-state index is 12.5. The second-order valence-electron chi connectivity index (χ2n) is 5.26. The topological polar surface area (TPSA) is 84.7 Å². The van der Waals surface area contributed by atoms with Gasteiger partial charge in [-0.2, -0.15) is 4.31 Å². The van der Waals surface area contributed by atoms with Crippen LogP contribution in [0, 0.1) is 0 Å². The summed E-state index contributed by atoms with van der Waals surface area (Å²) >= 11 is 3.21. The van der Waals surface area contributed by atoms with Gasteiger partial charge < -0.3 is 4.42 Å². The monoisotopic (exact) mass is 419 g/mol. The fraction of sp³-hybridized carbons (Fsp3) is 0.286. The van der Waals surface area contributed by atoms with Gasteiger partial charge in [0.25, 0.3) is 0 Å². The van der Waals surface area contributed by atoms with Crippen molar-refractivity contribution in [3.63, 3.8) is 0 Å². The maximum absolute atomic E-state index is 12.5. The quantitative estimate of drug-likeness (QED) is 0.739. The molecule has 1 aliphatic heterocycles. The summed E-state index contributed by atoms with van der Waals surface area (Å²) in [6.07, 6.45) is 1.41. The lowest BCUT2D eigenvalue weighted by molar-refractivity contribution is 0.309. The zero-order valence-electron chi connectivity index (χ0n) is 11.9. The second-order valence-corrected chi connectivity index (χ2v) is 10.3. The molecule has 1 aromatic heterocycles. The van der Waals surface area contributed by atoms with Crippen molar-refractivity contribution in [3.05, 3.63) is 52.9 Å². The van der Waals surface area contributed by atoms with E-state index in [0.29, 0.717) is 10.2 Å². The maximum Gasteiger partial charge on any atom is 0.244 e. The van der Waals surface area contributed by atoms with E-state index in [2.05, 4.69) is 15.9 Å². The van der Waals surface area contributed by atoms with Crippen LogP contribution in [-0.2, 0) is 25.6 Å². The molecular formula is C14H14BrNO5S2. The summed E-state index contributed by atoms with van der Waals surface area (Å²) in [5, 5.41) is -0.704. The molecule has 124 valence electrons. The van der Waals surface area contributed by atoms with Crippen molar-refractivity contribution in [3.8, 4) is 0 Å². The van der Waals surface area contributed by atoms with E-state index >= 15 is 0 Å². The second kappa shape index (κ2) is 6.04. The minimum Gasteiger partial charge on any atom is -0.468 e. The van der Waals surface area contributed by atoms with Crippen LogP contribution in [0.1, 0.15) is 5.76 Å². The van der Waals surface area contributed by atoms with Crippen molar-refractivity contribution >= 4 is 35.8 Å². The van der Waals surface area contributed by atoms with Gasteiger partial charge in [0, 0.05) is 17.6 Å². The van der Waals surface area contributed by atoms with E-state index in [1.807, 2.05) is 0 Å². The highest BCUT2D eigenvalue weighted by Gasteiger charge is 2.44. The molecule has 23 heavy (non-hydrogen) atoms.